The van der Waals surface area contributed by atoms with E-state index in [1.807, 2.05) is 6.07 Å². The molecule has 4 rings (SSSR count). The Hall–Kier alpha value is -3.74. The van der Waals surface area contributed by atoms with Crippen LogP contribution in [0, 0.1) is 0 Å². The number of nitrogens with one attached hydrogen (secondary N) is 2. The number of fused-ring (bicyclic) bond motifs is 1. The number of benzene rings is 1. The zero-order valence-electron chi connectivity index (χ0n) is 12.9. The summed E-state index contributed by atoms with van der Waals surface area (Å²) in [6, 6.07) is 11.4. The van der Waals surface area contributed by atoms with E-state index >= 15 is 0 Å². The highest BCUT2D eigenvalue weighted by atomic mass is 16.3. The second-order valence-corrected chi connectivity index (χ2v) is 5.34. The molecule has 0 spiro atoms. The first kappa shape index (κ1) is 14.8. The highest BCUT2D eigenvalue weighted by molar-refractivity contribution is 6.03. The van der Waals surface area contributed by atoms with E-state index in [2.05, 4.69) is 20.3 Å². The molecule has 25 heavy (non-hydrogen) atoms. The molecule has 0 saturated heterocycles. The van der Waals surface area contributed by atoms with Crippen LogP contribution in [0.25, 0.3) is 22.6 Å². The lowest BCUT2D eigenvalue weighted by Gasteiger charge is -2.04. The lowest BCUT2D eigenvalue weighted by molar-refractivity contribution is 0.102. The number of H-pyrrole nitrogens is 1. The van der Waals surface area contributed by atoms with E-state index in [-0.39, 0.29) is 11.1 Å². The van der Waals surface area contributed by atoms with Crippen LogP contribution in [0.5, 0.6) is 0 Å². The molecule has 1 aromatic carbocycles. The SMILES string of the molecule is O=C(Nc1ccc2oc(-c3cccnc3)nc2c1)c1cc(=O)cc[nH]1. The van der Waals surface area contributed by atoms with E-state index in [4.69, 9.17) is 4.42 Å². The molecular weight excluding hydrogens is 320 g/mol. The fourth-order valence-electron chi connectivity index (χ4n) is 2.39. The molecule has 3 aromatic heterocycles. The number of anilines is 1. The second-order valence-electron chi connectivity index (χ2n) is 5.34. The molecule has 0 aliphatic heterocycles. The molecule has 7 nitrogen and oxygen atoms in total. The van der Waals surface area contributed by atoms with Crippen molar-refractivity contribution in [1.29, 1.82) is 0 Å². The number of nitrogens with zero attached hydrogens (tertiary/aromatic N) is 2. The van der Waals surface area contributed by atoms with Crippen molar-refractivity contribution in [3.8, 4) is 11.5 Å². The van der Waals surface area contributed by atoms with Gasteiger partial charge in [-0.25, -0.2) is 4.98 Å². The van der Waals surface area contributed by atoms with Crippen LogP contribution in [0.3, 0.4) is 0 Å². The Labute approximate surface area is 141 Å². The van der Waals surface area contributed by atoms with Gasteiger partial charge in [-0.1, -0.05) is 0 Å². The number of hydrogen-bond donors (Lipinski definition) is 2. The van der Waals surface area contributed by atoms with Crippen LogP contribution < -0.4 is 10.7 Å². The number of aromatic nitrogens is 3. The first-order valence-electron chi connectivity index (χ1n) is 7.50. The van der Waals surface area contributed by atoms with Gasteiger partial charge in [-0.15, -0.1) is 0 Å². The summed E-state index contributed by atoms with van der Waals surface area (Å²) >= 11 is 0. The molecule has 0 aliphatic carbocycles. The van der Waals surface area contributed by atoms with Crippen LogP contribution in [0.2, 0.25) is 0 Å². The van der Waals surface area contributed by atoms with Crippen LogP contribution >= 0.6 is 0 Å². The molecule has 0 fully saturated rings. The Morgan fingerprint density at radius 3 is 2.88 bits per heavy atom. The largest absolute Gasteiger partial charge is 0.436 e. The summed E-state index contributed by atoms with van der Waals surface area (Å²) in [5.41, 5.74) is 2.48. The predicted molar refractivity (Wildman–Crippen MR) is 92.3 cm³/mol. The van der Waals surface area contributed by atoms with Gasteiger partial charge in [0.05, 0.1) is 5.56 Å². The fraction of sp³-hybridized carbons (Fsp3) is 0. The number of aromatic amines is 1. The highest BCUT2D eigenvalue weighted by Gasteiger charge is 2.11. The summed E-state index contributed by atoms with van der Waals surface area (Å²) in [7, 11) is 0. The summed E-state index contributed by atoms with van der Waals surface area (Å²) < 4.78 is 5.70. The number of hydrogen-bond acceptors (Lipinski definition) is 5. The molecule has 3 heterocycles. The van der Waals surface area contributed by atoms with E-state index in [0.29, 0.717) is 22.7 Å². The van der Waals surface area contributed by atoms with Crippen molar-refractivity contribution in [2.24, 2.45) is 0 Å². The van der Waals surface area contributed by atoms with Crippen molar-refractivity contribution in [2.45, 2.75) is 0 Å². The molecule has 0 atom stereocenters. The molecule has 0 unspecified atom stereocenters. The molecule has 7 heteroatoms. The summed E-state index contributed by atoms with van der Waals surface area (Å²) in [6.07, 6.45) is 4.77. The highest BCUT2D eigenvalue weighted by Crippen LogP contribution is 2.25. The van der Waals surface area contributed by atoms with Crippen LogP contribution in [-0.4, -0.2) is 20.9 Å². The molecule has 122 valence electrons. The number of rotatable bonds is 3. The van der Waals surface area contributed by atoms with Gasteiger partial charge in [0, 0.05) is 36.4 Å². The van der Waals surface area contributed by atoms with Gasteiger partial charge in [0.2, 0.25) is 5.89 Å². The predicted octanol–water partition coefficient (Wildman–Crippen LogP) is 2.83. The average Bonchev–Trinajstić information content (AvgIpc) is 3.06. The van der Waals surface area contributed by atoms with Crippen molar-refractivity contribution < 1.29 is 9.21 Å². The molecule has 4 aromatic rings. The Bertz CT molecular complexity index is 1120. The molecule has 0 aliphatic rings. The summed E-state index contributed by atoms with van der Waals surface area (Å²) in [5.74, 6) is 0.0481. The van der Waals surface area contributed by atoms with Gasteiger partial charge >= 0.3 is 0 Å². The van der Waals surface area contributed by atoms with Crippen molar-refractivity contribution in [3.63, 3.8) is 0 Å². The lowest BCUT2D eigenvalue weighted by Crippen LogP contribution is -2.16. The third-order valence-corrected chi connectivity index (χ3v) is 3.57. The average molecular weight is 332 g/mol. The Morgan fingerprint density at radius 2 is 2.08 bits per heavy atom. The smallest absolute Gasteiger partial charge is 0.272 e. The van der Waals surface area contributed by atoms with Crippen LogP contribution in [0.1, 0.15) is 10.5 Å². The number of carbonyl (C=O) groups is 1. The Balaban J connectivity index is 1.63. The number of oxazole rings is 1. The van der Waals surface area contributed by atoms with E-state index < -0.39 is 5.91 Å². The Kier molecular flexibility index (Phi) is 3.59. The van der Waals surface area contributed by atoms with Gasteiger partial charge in [0.25, 0.3) is 5.91 Å². The molecular formula is C18H12N4O3. The van der Waals surface area contributed by atoms with E-state index in [1.54, 1.807) is 36.7 Å². The van der Waals surface area contributed by atoms with Crippen molar-refractivity contribution in [2.75, 3.05) is 5.32 Å². The second kappa shape index (κ2) is 6.04. The molecule has 2 N–H and O–H groups in total. The van der Waals surface area contributed by atoms with Gasteiger partial charge in [-0.3, -0.25) is 14.6 Å². The van der Waals surface area contributed by atoms with Gasteiger partial charge in [0.15, 0.2) is 11.0 Å². The summed E-state index contributed by atoms with van der Waals surface area (Å²) in [5, 5.41) is 2.72. The zero-order valence-corrected chi connectivity index (χ0v) is 12.9. The standard InChI is InChI=1S/C18H12N4O3/c23-13-5-7-20-15(9-13)17(24)21-12-3-4-16-14(8-12)22-18(25-16)11-2-1-6-19-10-11/h1-10H,(H,20,23)(H,21,24). The van der Waals surface area contributed by atoms with Gasteiger partial charge in [0.1, 0.15) is 11.2 Å². The third kappa shape index (κ3) is 3.02. The summed E-state index contributed by atoms with van der Waals surface area (Å²) in [6.45, 7) is 0. The van der Waals surface area contributed by atoms with E-state index in [1.165, 1.54) is 18.3 Å². The molecule has 0 bridgehead atoms. The maximum Gasteiger partial charge on any atom is 0.272 e. The third-order valence-electron chi connectivity index (χ3n) is 3.57. The fourth-order valence-corrected chi connectivity index (χ4v) is 2.39. The molecule has 0 saturated carbocycles. The molecule has 1 amide bonds. The van der Waals surface area contributed by atoms with Gasteiger partial charge in [-0.2, -0.15) is 0 Å². The summed E-state index contributed by atoms with van der Waals surface area (Å²) in [4.78, 5) is 34.7. The van der Waals surface area contributed by atoms with Crippen LogP contribution in [-0.2, 0) is 0 Å². The lowest BCUT2D eigenvalue weighted by atomic mass is 10.2. The van der Waals surface area contributed by atoms with Crippen molar-refractivity contribution >= 4 is 22.7 Å². The topological polar surface area (TPSA) is 101 Å². The minimum atomic E-state index is -0.409. The quantitative estimate of drug-likeness (QED) is 0.601. The first-order valence-corrected chi connectivity index (χ1v) is 7.50. The van der Waals surface area contributed by atoms with Crippen LogP contribution in [0.4, 0.5) is 5.69 Å². The van der Waals surface area contributed by atoms with Gasteiger partial charge in [-0.05, 0) is 30.3 Å². The van der Waals surface area contributed by atoms with Crippen molar-refractivity contribution in [1.82, 2.24) is 15.0 Å². The number of pyridine rings is 2. The Morgan fingerprint density at radius 1 is 1.16 bits per heavy atom. The molecule has 0 radical (unpaired) electrons. The van der Waals surface area contributed by atoms with E-state index in [0.717, 1.165) is 5.56 Å². The zero-order chi connectivity index (χ0) is 17.2. The number of carbonyl (C=O) groups excluding carboxylic acids is 1. The maximum atomic E-state index is 12.2. The first-order chi connectivity index (χ1) is 12.2. The number of amides is 1. The van der Waals surface area contributed by atoms with Gasteiger partial charge < -0.3 is 14.7 Å². The monoisotopic (exact) mass is 332 g/mol. The maximum absolute atomic E-state index is 12.2. The minimum absolute atomic E-state index is 0.184. The normalized spacial score (nSPS) is 10.7. The van der Waals surface area contributed by atoms with Crippen molar-refractivity contribution in [3.05, 3.63) is 77.0 Å². The van der Waals surface area contributed by atoms with E-state index in [9.17, 15) is 9.59 Å². The minimum Gasteiger partial charge on any atom is -0.436 e. The van der Waals surface area contributed by atoms with Crippen LogP contribution in [0.15, 0.2) is 70.3 Å².